The van der Waals surface area contributed by atoms with E-state index in [1.807, 2.05) is 12.1 Å². The maximum Gasteiger partial charge on any atom is 0.246 e. The highest BCUT2D eigenvalue weighted by atomic mass is 16.6. The van der Waals surface area contributed by atoms with Crippen molar-refractivity contribution in [3.63, 3.8) is 0 Å². The second-order valence-electron chi connectivity index (χ2n) is 10.4. The largest absolute Gasteiger partial charge is 0.497 e. The van der Waals surface area contributed by atoms with E-state index in [-0.39, 0.29) is 18.8 Å². The first kappa shape index (κ1) is 29.6. The number of ether oxygens (including phenoxy) is 3. The highest BCUT2D eigenvalue weighted by Gasteiger charge is 2.50. The summed E-state index contributed by atoms with van der Waals surface area (Å²) >= 11 is 0. The van der Waals surface area contributed by atoms with Crippen LogP contribution in [-0.2, 0) is 35.1 Å². The Labute approximate surface area is 224 Å². The molecular formula is C28H41N3O7. The number of epoxide rings is 1. The zero-order chi connectivity index (χ0) is 27.7. The normalized spacial score (nSPS) is 21.2. The Hall–Kier alpha value is -2.98. The molecule has 0 radical (unpaired) electrons. The van der Waals surface area contributed by atoms with Crippen LogP contribution in [0.4, 0.5) is 0 Å². The lowest BCUT2D eigenvalue weighted by Gasteiger charge is -2.26. The van der Waals surface area contributed by atoms with Crippen molar-refractivity contribution in [3.8, 4) is 5.75 Å². The van der Waals surface area contributed by atoms with Crippen LogP contribution in [-0.4, -0.2) is 74.2 Å². The number of ketones is 1. The fourth-order valence-electron chi connectivity index (χ4n) is 4.75. The second-order valence-corrected chi connectivity index (χ2v) is 10.4. The summed E-state index contributed by atoms with van der Waals surface area (Å²) in [5.41, 5.74) is -0.0691. The molecule has 38 heavy (non-hydrogen) atoms. The number of carbonyl (C=O) groups is 4. The third-order valence-electron chi connectivity index (χ3n) is 7.22. The summed E-state index contributed by atoms with van der Waals surface area (Å²) in [5.74, 6) is -0.497. The summed E-state index contributed by atoms with van der Waals surface area (Å²) in [6.45, 7) is 5.62. The monoisotopic (exact) mass is 531 g/mol. The average Bonchev–Trinajstić information content (AvgIpc) is 3.45. The molecule has 2 fully saturated rings. The Morgan fingerprint density at radius 3 is 2.24 bits per heavy atom. The van der Waals surface area contributed by atoms with Crippen LogP contribution in [0.15, 0.2) is 24.3 Å². The van der Waals surface area contributed by atoms with Gasteiger partial charge in [0.2, 0.25) is 17.7 Å². The molecule has 3 amide bonds. The average molecular weight is 532 g/mol. The lowest BCUT2D eigenvalue weighted by atomic mass is 9.90. The lowest BCUT2D eigenvalue weighted by molar-refractivity contribution is -0.134. The molecule has 4 atom stereocenters. The molecule has 1 aromatic carbocycles. The lowest BCUT2D eigenvalue weighted by Crippen LogP contribution is -2.57. The van der Waals surface area contributed by atoms with E-state index in [2.05, 4.69) is 16.0 Å². The van der Waals surface area contributed by atoms with E-state index >= 15 is 0 Å². The zero-order valence-electron chi connectivity index (χ0n) is 22.8. The molecule has 10 heteroatoms. The molecule has 0 bridgehead atoms. The smallest absolute Gasteiger partial charge is 0.246 e. The molecule has 0 spiro atoms. The molecule has 3 rings (SSSR count). The first-order valence-electron chi connectivity index (χ1n) is 13.4. The maximum atomic E-state index is 13.6. The Morgan fingerprint density at radius 1 is 1.03 bits per heavy atom. The van der Waals surface area contributed by atoms with Crippen LogP contribution in [0.25, 0.3) is 0 Å². The predicted molar refractivity (Wildman–Crippen MR) is 141 cm³/mol. The number of hydrogen-bond donors (Lipinski definition) is 3. The number of nitrogens with one attached hydrogen (secondary N) is 3. The van der Waals surface area contributed by atoms with Crippen molar-refractivity contribution in [2.45, 2.75) is 83.0 Å². The van der Waals surface area contributed by atoms with E-state index < -0.39 is 41.4 Å². The van der Waals surface area contributed by atoms with Crippen molar-refractivity contribution in [2.75, 3.05) is 26.9 Å². The molecule has 3 N–H and O–H groups in total. The summed E-state index contributed by atoms with van der Waals surface area (Å²) in [6.07, 6.45) is 5.05. The Balaban J connectivity index is 1.74. The van der Waals surface area contributed by atoms with Gasteiger partial charge in [-0.3, -0.25) is 19.2 Å². The second kappa shape index (κ2) is 13.7. The minimum atomic E-state index is -0.964. The van der Waals surface area contributed by atoms with Crippen molar-refractivity contribution in [1.29, 1.82) is 0 Å². The fraction of sp³-hybridized carbons (Fsp3) is 0.643. The quantitative estimate of drug-likeness (QED) is 0.293. The maximum absolute atomic E-state index is 13.6. The third-order valence-corrected chi connectivity index (χ3v) is 7.22. The number of hydrogen-bond acceptors (Lipinski definition) is 7. The van der Waals surface area contributed by atoms with Gasteiger partial charge in [0, 0.05) is 13.0 Å². The van der Waals surface area contributed by atoms with E-state index in [1.165, 1.54) is 0 Å². The third kappa shape index (κ3) is 8.52. The minimum absolute atomic E-state index is 0.135. The van der Waals surface area contributed by atoms with Gasteiger partial charge in [0.15, 0.2) is 5.78 Å². The van der Waals surface area contributed by atoms with Gasteiger partial charge in [-0.25, -0.2) is 0 Å². The van der Waals surface area contributed by atoms with Crippen LogP contribution in [0, 0.1) is 5.92 Å². The number of amides is 3. The number of benzene rings is 1. The summed E-state index contributed by atoms with van der Waals surface area (Å²) < 4.78 is 15.7. The molecular weight excluding hydrogens is 490 g/mol. The Kier molecular flexibility index (Phi) is 10.7. The highest BCUT2D eigenvalue weighted by molar-refractivity contribution is 5.98. The van der Waals surface area contributed by atoms with Crippen molar-refractivity contribution >= 4 is 23.5 Å². The molecule has 210 valence electrons. The van der Waals surface area contributed by atoms with E-state index in [0.717, 1.165) is 31.2 Å². The van der Waals surface area contributed by atoms with Gasteiger partial charge >= 0.3 is 0 Å². The number of rotatable bonds is 15. The molecule has 2 aliphatic rings. The SMILES string of the molecule is CCOCC(=O)N[C@@H](C)C(=O)N[C@@H](Cc1ccc(OC)cc1)C(=O)N[C@@H](CC1CCCC1)C(=O)[C@@]1(C)CO1. The van der Waals surface area contributed by atoms with Gasteiger partial charge in [0.25, 0.3) is 0 Å². The molecule has 1 aromatic rings. The van der Waals surface area contributed by atoms with Gasteiger partial charge in [-0.15, -0.1) is 0 Å². The van der Waals surface area contributed by atoms with Crippen LogP contribution in [0.3, 0.4) is 0 Å². The van der Waals surface area contributed by atoms with Gasteiger partial charge in [-0.2, -0.15) is 0 Å². The van der Waals surface area contributed by atoms with E-state index in [1.54, 1.807) is 40.0 Å². The number of carbonyl (C=O) groups excluding carboxylic acids is 4. The minimum Gasteiger partial charge on any atom is -0.497 e. The van der Waals surface area contributed by atoms with E-state index in [0.29, 0.717) is 31.3 Å². The van der Waals surface area contributed by atoms with Crippen LogP contribution < -0.4 is 20.7 Å². The Bertz CT molecular complexity index is 971. The number of Topliss-reactive ketones (excluding diaryl/α,β-unsaturated/α-hetero) is 1. The summed E-state index contributed by atoms with van der Waals surface area (Å²) in [7, 11) is 1.57. The summed E-state index contributed by atoms with van der Waals surface area (Å²) in [5, 5.41) is 8.28. The van der Waals surface area contributed by atoms with Crippen LogP contribution in [0.1, 0.15) is 58.4 Å². The van der Waals surface area contributed by atoms with Crippen molar-refractivity contribution in [2.24, 2.45) is 5.92 Å². The molecule has 1 heterocycles. The molecule has 1 aliphatic heterocycles. The van der Waals surface area contributed by atoms with Gasteiger partial charge in [-0.05, 0) is 50.8 Å². The molecule has 1 aliphatic carbocycles. The van der Waals surface area contributed by atoms with Crippen molar-refractivity contribution in [1.82, 2.24) is 16.0 Å². The topological polar surface area (TPSA) is 135 Å². The van der Waals surface area contributed by atoms with Crippen LogP contribution in [0.2, 0.25) is 0 Å². The first-order valence-corrected chi connectivity index (χ1v) is 13.4. The summed E-state index contributed by atoms with van der Waals surface area (Å²) in [6, 6.07) is 4.65. The fourth-order valence-corrected chi connectivity index (χ4v) is 4.75. The molecule has 10 nitrogen and oxygen atoms in total. The molecule has 1 saturated carbocycles. The van der Waals surface area contributed by atoms with Crippen molar-refractivity contribution < 1.29 is 33.4 Å². The van der Waals surface area contributed by atoms with E-state index in [4.69, 9.17) is 14.2 Å². The van der Waals surface area contributed by atoms with Gasteiger partial charge in [-0.1, -0.05) is 37.8 Å². The molecule has 1 saturated heterocycles. The van der Waals surface area contributed by atoms with Gasteiger partial charge in [0.1, 0.15) is 30.0 Å². The van der Waals surface area contributed by atoms with Gasteiger partial charge in [0.05, 0.1) is 19.8 Å². The van der Waals surface area contributed by atoms with Crippen LogP contribution >= 0.6 is 0 Å². The number of methoxy groups -OCH3 is 1. The first-order chi connectivity index (χ1) is 18.1. The highest BCUT2D eigenvalue weighted by Crippen LogP contribution is 2.33. The standard InChI is InChI=1S/C28H41N3O7/c1-5-37-16-24(32)29-18(2)26(34)31-23(15-20-10-12-21(36-4)13-11-20)27(35)30-22(14-19-8-6-7-9-19)25(33)28(3)17-38-28/h10-13,18-19,22-23H,5-9,14-17H2,1-4H3,(H,29,32)(H,30,35)(H,31,34)/t18-,22-,23-,28+/m0/s1. The van der Waals surface area contributed by atoms with Crippen LogP contribution in [0.5, 0.6) is 5.75 Å². The predicted octanol–water partition coefficient (Wildman–Crippen LogP) is 1.69. The zero-order valence-corrected chi connectivity index (χ0v) is 22.8. The van der Waals surface area contributed by atoms with Crippen molar-refractivity contribution in [3.05, 3.63) is 29.8 Å². The molecule has 0 unspecified atom stereocenters. The Morgan fingerprint density at radius 2 is 1.66 bits per heavy atom. The summed E-state index contributed by atoms with van der Waals surface area (Å²) in [4.78, 5) is 51.8. The van der Waals surface area contributed by atoms with E-state index in [9.17, 15) is 19.2 Å². The molecule has 0 aromatic heterocycles. The van der Waals surface area contributed by atoms with Gasteiger partial charge < -0.3 is 30.2 Å².